The number of benzene rings is 2. The van der Waals surface area contributed by atoms with Crippen molar-refractivity contribution in [3.63, 3.8) is 0 Å². The molecule has 2 atom stereocenters. The number of nitrogens with zero attached hydrogens (tertiary/aromatic N) is 1. The van der Waals surface area contributed by atoms with Gasteiger partial charge in [0, 0.05) is 21.5 Å². The maximum Gasteiger partial charge on any atom is 0.341 e. The highest BCUT2D eigenvalue weighted by Gasteiger charge is 2.54. The van der Waals surface area contributed by atoms with Gasteiger partial charge in [0.2, 0.25) is 5.78 Å². The lowest BCUT2D eigenvalue weighted by Gasteiger charge is -2.31. The largest absolute Gasteiger partial charge is 0.482 e. The van der Waals surface area contributed by atoms with Gasteiger partial charge in [-0.1, -0.05) is 57.2 Å². The lowest BCUT2D eigenvalue weighted by Crippen LogP contribution is -2.36. The van der Waals surface area contributed by atoms with Gasteiger partial charge in [0.15, 0.2) is 12.4 Å². The van der Waals surface area contributed by atoms with Crippen molar-refractivity contribution in [1.29, 1.82) is 0 Å². The fraction of sp³-hybridized carbons (Fsp3) is 0.259. The Morgan fingerprint density at radius 2 is 1.69 bits per heavy atom. The summed E-state index contributed by atoms with van der Waals surface area (Å²) in [5, 5.41) is 11.1. The molecule has 1 fully saturated rings. The molecule has 35 heavy (non-hydrogen) atoms. The Kier molecular flexibility index (Phi) is 6.58. The lowest BCUT2D eigenvalue weighted by atomic mass is 9.77. The van der Waals surface area contributed by atoms with Crippen LogP contribution in [0.2, 0.25) is 0 Å². The van der Waals surface area contributed by atoms with Crippen LogP contribution in [0, 0.1) is 11.3 Å². The molecule has 2 heterocycles. The van der Waals surface area contributed by atoms with Crippen molar-refractivity contribution < 1.29 is 29.0 Å². The molecule has 180 valence electrons. The fourth-order valence-corrected chi connectivity index (χ4v) is 4.95. The van der Waals surface area contributed by atoms with E-state index in [1.165, 1.54) is 4.90 Å². The van der Waals surface area contributed by atoms with Crippen LogP contribution >= 0.6 is 11.3 Å². The number of hydrogen-bond acceptors (Lipinski definition) is 6. The van der Waals surface area contributed by atoms with Gasteiger partial charge in [-0.05, 0) is 35.2 Å². The van der Waals surface area contributed by atoms with E-state index in [0.29, 0.717) is 11.3 Å². The highest BCUT2D eigenvalue weighted by atomic mass is 32.1. The average Bonchev–Trinajstić information content (AvgIpc) is 3.44. The third kappa shape index (κ3) is 4.74. The molecular weight excluding hydrogens is 466 g/mol. The lowest BCUT2D eigenvalue weighted by molar-refractivity contribution is -0.141. The Morgan fingerprint density at radius 1 is 1.00 bits per heavy atom. The van der Waals surface area contributed by atoms with Crippen LogP contribution in [0.1, 0.15) is 32.4 Å². The standard InChI is InChI=1S/C27H25NO6S/c1-27(2,3)25(32)22-23(18-7-4-5-8-19(18)34-15-21(29)30)28(26(33)24(22)31)17-12-10-16(11-13-17)20-9-6-14-35-20/h4-14,22-23H,15H2,1-3H3,(H,29,30). The maximum absolute atomic E-state index is 13.4. The van der Waals surface area contributed by atoms with Crippen LogP contribution in [-0.2, 0) is 19.2 Å². The SMILES string of the molecule is CC(C)(C)C(=O)C1C(=O)C(=O)N(c2ccc(-c3cccs3)cc2)C1c1ccccc1OCC(=O)O. The Morgan fingerprint density at radius 3 is 2.29 bits per heavy atom. The number of Topliss-reactive ketones (excluding diaryl/α,β-unsaturated/α-hetero) is 2. The minimum atomic E-state index is -1.26. The molecule has 0 saturated carbocycles. The van der Waals surface area contributed by atoms with Gasteiger partial charge in [-0.2, -0.15) is 0 Å². The number of anilines is 1. The van der Waals surface area contributed by atoms with Crippen LogP contribution in [0.15, 0.2) is 66.0 Å². The number of amides is 1. The Labute approximate surface area is 207 Å². The van der Waals surface area contributed by atoms with Crippen LogP contribution in [0.4, 0.5) is 5.69 Å². The predicted octanol–water partition coefficient (Wildman–Crippen LogP) is 4.77. The maximum atomic E-state index is 13.4. The molecule has 4 rings (SSSR count). The van der Waals surface area contributed by atoms with Crippen molar-refractivity contribution in [2.45, 2.75) is 26.8 Å². The molecule has 0 bridgehead atoms. The number of carbonyl (C=O) groups excluding carboxylic acids is 3. The number of ketones is 2. The van der Waals surface area contributed by atoms with E-state index in [-0.39, 0.29) is 11.5 Å². The molecule has 2 aromatic carbocycles. The number of carboxylic acid groups (broad SMARTS) is 1. The van der Waals surface area contributed by atoms with Gasteiger partial charge in [0.1, 0.15) is 11.7 Å². The van der Waals surface area contributed by atoms with E-state index in [9.17, 15) is 19.2 Å². The number of ether oxygens (including phenoxy) is 1. The van der Waals surface area contributed by atoms with Crippen LogP contribution < -0.4 is 9.64 Å². The molecule has 0 radical (unpaired) electrons. The number of carbonyl (C=O) groups is 4. The van der Waals surface area contributed by atoms with Crippen molar-refractivity contribution in [1.82, 2.24) is 0 Å². The van der Waals surface area contributed by atoms with E-state index in [1.807, 2.05) is 29.6 Å². The summed E-state index contributed by atoms with van der Waals surface area (Å²) in [7, 11) is 0. The summed E-state index contributed by atoms with van der Waals surface area (Å²) in [5.74, 6) is -4.16. The molecule has 1 aliphatic heterocycles. The molecule has 1 aliphatic rings. The zero-order valence-electron chi connectivity index (χ0n) is 19.6. The zero-order chi connectivity index (χ0) is 25.3. The van der Waals surface area contributed by atoms with E-state index in [0.717, 1.165) is 10.4 Å². The zero-order valence-corrected chi connectivity index (χ0v) is 20.4. The Balaban J connectivity index is 1.84. The van der Waals surface area contributed by atoms with Gasteiger partial charge < -0.3 is 9.84 Å². The van der Waals surface area contributed by atoms with E-state index >= 15 is 0 Å². The summed E-state index contributed by atoms with van der Waals surface area (Å²) in [5.41, 5.74) is 0.948. The van der Waals surface area contributed by atoms with Crippen molar-refractivity contribution in [2.24, 2.45) is 11.3 Å². The fourth-order valence-electron chi connectivity index (χ4n) is 4.22. The third-order valence-electron chi connectivity index (χ3n) is 5.87. The molecule has 7 nitrogen and oxygen atoms in total. The molecule has 3 aromatic rings. The number of rotatable bonds is 7. The first-order valence-corrected chi connectivity index (χ1v) is 12.0. The molecular formula is C27H25NO6S. The molecule has 0 aliphatic carbocycles. The van der Waals surface area contributed by atoms with Gasteiger partial charge >= 0.3 is 5.97 Å². The van der Waals surface area contributed by atoms with Gasteiger partial charge in [-0.15, -0.1) is 11.3 Å². The summed E-state index contributed by atoms with van der Waals surface area (Å²) in [6.07, 6.45) is 0. The first kappa shape index (κ1) is 24.3. The van der Waals surface area contributed by atoms with Crippen molar-refractivity contribution in [2.75, 3.05) is 11.5 Å². The summed E-state index contributed by atoms with van der Waals surface area (Å²) >= 11 is 1.59. The van der Waals surface area contributed by atoms with E-state index in [1.54, 1.807) is 68.5 Å². The summed E-state index contributed by atoms with van der Waals surface area (Å²) < 4.78 is 5.49. The second-order valence-corrected chi connectivity index (χ2v) is 10.3. The third-order valence-corrected chi connectivity index (χ3v) is 6.79. The summed E-state index contributed by atoms with van der Waals surface area (Å²) in [4.78, 5) is 53.5. The number of aliphatic carboxylic acids is 1. The quantitative estimate of drug-likeness (QED) is 0.378. The minimum Gasteiger partial charge on any atom is -0.482 e. The Bertz CT molecular complexity index is 1270. The molecule has 8 heteroatoms. The Hall–Kier alpha value is -3.78. The monoisotopic (exact) mass is 491 g/mol. The summed E-state index contributed by atoms with van der Waals surface area (Å²) in [6, 6.07) is 16.8. The normalized spacial score (nSPS) is 18.1. The second kappa shape index (κ2) is 9.46. The smallest absolute Gasteiger partial charge is 0.341 e. The molecule has 1 amide bonds. The van der Waals surface area contributed by atoms with Crippen LogP contribution in [0.5, 0.6) is 5.75 Å². The van der Waals surface area contributed by atoms with E-state index < -0.39 is 41.6 Å². The van der Waals surface area contributed by atoms with Crippen LogP contribution in [0.3, 0.4) is 0 Å². The molecule has 2 unspecified atom stereocenters. The van der Waals surface area contributed by atoms with Crippen molar-refractivity contribution in [3.05, 3.63) is 71.6 Å². The van der Waals surface area contributed by atoms with Gasteiger partial charge in [-0.25, -0.2) is 4.79 Å². The first-order chi connectivity index (χ1) is 16.6. The van der Waals surface area contributed by atoms with Gasteiger partial charge in [0.25, 0.3) is 5.91 Å². The average molecular weight is 492 g/mol. The van der Waals surface area contributed by atoms with Gasteiger partial charge in [0.05, 0.1) is 6.04 Å². The molecule has 0 spiro atoms. The van der Waals surface area contributed by atoms with E-state index in [2.05, 4.69) is 0 Å². The second-order valence-electron chi connectivity index (χ2n) is 9.32. The topological polar surface area (TPSA) is 101 Å². The minimum absolute atomic E-state index is 0.203. The number of carboxylic acids is 1. The number of para-hydroxylation sites is 1. The highest BCUT2D eigenvalue weighted by Crippen LogP contribution is 2.45. The molecule has 1 aromatic heterocycles. The van der Waals surface area contributed by atoms with E-state index in [4.69, 9.17) is 9.84 Å². The summed E-state index contributed by atoms with van der Waals surface area (Å²) in [6.45, 7) is 4.51. The molecule has 1 saturated heterocycles. The predicted molar refractivity (Wildman–Crippen MR) is 133 cm³/mol. The van der Waals surface area contributed by atoms with Crippen molar-refractivity contribution >= 4 is 40.5 Å². The van der Waals surface area contributed by atoms with Crippen LogP contribution in [0.25, 0.3) is 10.4 Å². The number of thiophene rings is 1. The van der Waals surface area contributed by atoms with Gasteiger partial charge in [-0.3, -0.25) is 19.3 Å². The number of hydrogen-bond donors (Lipinski definition) is 1. The van der Waals surface area contributed by atoms with Crippen molar-refractivity contribution in [3.8, 4) is 16.2 Å². The highest BCUT2D eigenvalue weighted by molar-refractivity contribution is 7.13. The van der Waals surface area contributed by atoms with Crippen LogP contribution in [-0.4, -0.2) is 35.2 Å². The first-order valence-electron chi connectivity index (χ1n) is 11.1. The molecule has 1 N–H and O–H groups in total.